The van der Waals surface area contributed by atoms with Gasteiger partial charge in [0.25, 0.3) is 10.0 Å². The number of hydrogen-bond donors (Lipinski definition) is 1. The lowest BCUT2D eigenvalue weighted by Crippen LogP contribution is -2.53. The number of methoxy groups -OCH3 is 1. The van der Waals surface area contributed by atoms with E-state index in [1.54, 1.807) is 43.3 Å². The molecule has 0 saturated heterocycles. The zero-order chi connectivity index (χ0) is 28.6. The first kappa shape index (κ1) is 29.7. The molecule has 9 heteroatoms. The maximum Gasteiger partial charge on any atom is 0.264 e. The number of amides is 2. The molecule has 208 valence electrons. The zero-order valence-corrected chi connectivity index (χ0v) is 23.9. The Kier molecular flexibility index (Phi) is 10.1. The Morgan fingerprint density at radius 2 is 1.51 bits per heavy atom. The van der Waals surface area contributed by atoms with Crippen molar-refractivity contribution in [2.45, 2.75) is 51.1 Å². The van der Waals surface area contributed by atoms with Crippen molar-refractivity contribution in [2.24, 2.45) is 0 Å². The Hall–Kier alpha value is -3.85. The minimum Gasteiger partial charge on any atom is -0.497 e. The average molecular weight is 552 g/mol. The van der Waals surface area contributed by atoms with E-state index in [0.717, 1.165) is 15.4 Å². The molecule has 0 aromatic heterocycles. The van der Waals surface area contributed by atoms with Crippen LogP contribution in [0.1, 0.15) is 31.9 Å². The van der Waals surface area contributed by atoms with Gasteiger partial charge >= 0.3 is 0 Å². The first-order valence-corrected chi connectivity index (χ1v) is 14.3. The molecule has 0 spiro atoms. The average Bonchev–Trinajstić information content (AvgIpc) is 2.92. The number of aryl methyl sites for hydroxylation is 1. The molecule has 2 amide bonds. The van der Waals surface area contributed by atoms with E-state index in [9.17, 15) is 18.0 Å². The van der Waals surface area contributed by atoms with Crippen LogP contribution in [-0.4, -0.2) is 57.4 Å². The van der Waals surface area contributed by atoms with Crippen LogP contribution in [0, 0.1) is 6.92 Å². The van der Waals surface area contributed by atoms with E-state index >= 15 is 0 Å². The number of carbonyl (C=O) groups is 2. The van der Waals surface area contributed by atoms with Crippen LogP contribution in [0.25, 0.3) is 0 Å². The highest BCUT2D eigenvalue weighted by atomic mass is 32.2. The van der Waals surface area contributed by atoms with E-state index in [4.69, 9.17) is 4.74 Å². The SMILES string of the molecule is COc1ccc(N(CC(=O)N(CCc2ccccc2)[C@H](C)C(=O)NC(C)C)S(=O)(=O)c2ccc(C)cc2)cc1. The predicted molar refractivity (Wildman–Crippen MR) is 153 cm³/mol. The molecule has 39 heavy (non-hydrogen) atoms. The molecule has 0 unspecified atom stereocenters. The van der Waals surface area contributed by atoms with Crippen LogP contribution in [0.4, 0.5) is 5.69 Å². The van der Waals surface area contributed by atoms with Crippen LogP contribution in [0.5, 0.6) is 5.75 Å². The van der Waals surface area contributed by atoms with Crippen LogP contribution in [-0.2, 0) is 26.0 Å². The Morgan fingerprint density at radius 1 is 0.897 bits per heavy atom. The summed E-state index contributed by atoms with van der Waals surface area (Å²) in [5.74, 6) is -0.228. The molecule has 0 bridgehead atoms. The molecule has 0 fully saturated rings. The third kappa shape index (κ3) is 7.83. The van der Waals surface area contributed by atoms with Crippen molar-refractivity contribution < 1.29 is 22.7 Å². The summed E-state index contributed by atoms with van der Waals surface area (Å²) in [6, 6.07) is 21.7. The Morgan fingerprint density at radius 3 is 2.08 bits per heavy atom. The highest BCUT2D eigenvalue weighted by molar-refractivity contribution is 7.92. The third-order valence-corrected chi connectivity index (χ3v) is 8.12. The summed E-state index contributed by atoms with van der Waals surface area (Å²) in [6.07, 6.45) is 0.513. The van der Waals surface area contributed by atoms with Crippen LogP contribution in [0.2, 0.25) is 0 Å². The number of nitrogens with zero attached hydrogens (tertiary/aromatic N) is 2. The van der Waals surface area contributed by atoms with Gasteiger partial charge in [-0.1, -0.05) is 48.0 Å². The molecule has 0 heterocycles. The molecule has 3 rings (SSSR count). The number of carbonyl (C=O) groups excluding carboxylic acids is 2. The van der Waals surface area contributed by atoms with Gasteiger partial charge in [0.15, 0.2) is 0 Å². The number of rotatable bonds is 12. The van der Waals surface area contributed by atoms with Gasteiger partial charge in [0, 0.05) is 12.6 Å². The molecule has 3 aromatic carbocycles. The quantitative estimate of drug-likeness (QED) is 0.364. The Balaban J connectivity index is 1.98. The summed E-state index contributed by atoms with van der Waals surface area (Å²) >= 11 is 0. The molecule has 0 radical (unpaired) electrons. The third-order valence-electron chi connectivity index (χ3n) is 6.33. The molecular weight excluding hydrogens is 514 g/mol. The van der Waals surface area contributed by atoms with E-state index in [1.165, 1.54) is 24.1 Å². The van der Waals surface area contributed by atoms with Gasteiger partial charge in [-0.25, -0.2) is 8.42 Å². The van der Waals surface area contributed by atoms with Gasteiger partial charge in [-0.05, 0) is 76.1 Å². The second-order valence-corrected chi connectivity index (χ2v) is 11.5. The fourth-order valence-electron chi connectivity index (χ4n) is 4.09. The highest BCUT2D eigenvalue weighted by Crippen LogP contribution is 2.26. The van der Waals surface area contributed by atoms with Crippen molar-refractivity contribution >= 4 is 27.5 Å². The number of sulfonamides is 1. The zero-order valence-electron chi connectivity index (χ0n) is 23.1. The second kappa shape index (κ2) is 13.3. The van der Waals surface area contributed by atoms with E-state index in [1.807, 2.05) is 51.1 Å². The van der Waals surface area contributed by atoms with Gasteiger partial charge in [-0.2, -0.15) is 0 Å². The molecule has 0 saturated carbocycles. The van der Waals surface area contributed by atoms with Gasteiger partial charge in [-0.15, -0.1) is 0 Å². The van der Waals surface area contributed by atoms with Crippen LogP contribution in [0.3, 0.4) is 0 Å². The van der Waals surface area contributed by atoms with Gasteiger partial charge < -0.3 is 15.0 Å². The summed E-state index contributed by atoms with van der Waals surface area (Å²) in [5, 5.41) is 2.86. The molecule has 0 aliphatic rings. The van der Waals surface area contributed by atoms with Crippen LogP contribution < -0.4 is 14.4 Å². The fourth-order valence-corrected chi connectivity index (χ4v) is 5.50. The lowest BCUT2D eigenvalue weighted by molar-refractivity contribution is -0.139. The van der Waals surface area contributed by atoms with Crippen molar-refractivity contribution in [3.63, 3.8) is 0 Å². The van der Waals surface area contributed by atoms with Gasteiger partial charge in [0.1, 0.15) is 18.3 Å². The van der Waals surface area contributed by atoms with E-state index in [0.29, 0.717) is 17.9 Å². The summed E-state index contributed by atoms with van der Waals surface area (Å²) in [6.45, 7) is 7.00. The van der Waals surface area contributed by atoms with Gasteiger partial charge in [0.05, 0.1) is 17.7 Å². The van der Waals surface area contributed by atoms with E-state index in [2.05, 4.69) is 5.32 Å². The molecular formula is C30H37N3O5S. The minimum absolute atomic E-state index is 0.0677. The Labute approximate surface area is 231 Å². The van der Waals surface area contributed by atoms with E-state index < -0.39 is 28.5 Å². The fraction of sp³-hybridized carbons (Fsp3) is 0.333. The lowest BCUT2D eigenvalue weighted by Gasteiger charge is -2.32. The largest absolute Gasteiger partial charge is 0.497 e. The van der Waals surface area contributed by atoms with E-state index in [-0.39, 0.29) is 23.4 Å². The molecule has 0 aliphatic carbocycles. The summed E-state index contributed by atoms with van der Waals surface area (Å²) in [7, 11) is -2.59. The monoisotopic (exact) mass is 551 g/mol. The lowest BCUT2D eigenvalue weighted by atomic mass is 10.1. The first-order chi connectivity index (χ1) is 18.5. The summed E-state index contributed by atoms with van der Waals surface area (Å²) in [5.41, 5.74) is 2.23. The normalized spacial score (nSPS) is 12.1. The van der Waals surface area contributed by atoms with Gasteiger partial charge in [-0.3, -0.25) is 13.9 Å². The maximum atomic E-state index is 13.9. The minimum atomic E-state index is -4.11. The molecule has 1 N–H and O–H groups in total. The van der Waals surface area contributed by atoms with Crippen molar-refractivity contribution in [1.29, 1.82) is 0 Å². The molecule has 0 aliphatic heterocycles. The maximum absolute atomic E-state index is 13.9. The Bertz CT molecular complexity index is 1340. The van der Waals surface area contributed by atoms with Gasteiger partial charge in [0.2, 0.25) is 11.8 Å². The highest BCUT2D eigenvalue weighted by Gasteiger charge is 2.32. The molecule has 8 nitrogen and oxygen atoms in total. The van der Waals surface area contributed by atoms with Crippen molar-refractivity contribution in [2.75, 3.05) is 24.5 Å². The smallest absolute Gasteiger partial charge is 0.264 e. The number of hydrogen-bond acceptors (Lipinski definition) is 5. The van der Waals surface area contributed by atoms with Crippen LogP contribution in [0.15, 0.2) is 83.8 Å². The molecule has 3 aromatic rings. The summed E-state index contributed by atoms with van der Waals surface area (Å²) < 4.78 is 34.0. The predicted octanol–water partition coefficient (Wildman–Crippen LogP) is 4.18. The van der Waals surface area contributed by atoms with Crippen LogP contribution >= 0.6 is 0 Å². The van der Waals surface area contributed by atoms with Crippen molar-refractivity contribution in [3.8, 4) is 5.75 Å². The second-order valence-electron chi connectivity index (χ2n) is 9.68. The number of anilines is 1. The number of ether oxygens (including phenoxy) is 1. The molecule has 1 atom stereocenters. The summed E-state index contributed by atoms with van der Waals surface area (Å²) in [4.78, 5) is 28.3. The number of benzene rings is 3. The van der Waals surface area contributed by atoms with Crippen molar-refractivity contribution in [1.82, 2.24) is 10.2 Å². The van der Waals surface area contributed by atoms with Crippen molar-refractivity contribution in [3.05, 3.63) is 90.0 Å². The standard InChI is InChI=1S/C30H37N3O5S/c1-22(2)31-30(35)24(4)32(20-19-25-9-7-6-8-10-25)29(34)21-33(26-13-15-27(38-5)16-14-26)39(36,37)28-17-11-23(3)12-18-28/h6-18,22,24H,19-21H2,1-5H3,(H,31,35)/t24-/m1/s1. The topological polar surface area (TPSA) is 96.0 Å². The number of nitrogens with one attached hydrogen (secondary N) is 1. The first-order valence-electron chi connectivity index (χ1n) is 12.9.